The van der Waals surface area contributed by atoms with Gasteiger partial charge < -0.3 is 15.4 Å². The van der Waals surface area contributed by atoms with Gasteiger partial charge in [0.2, 0.25) is 5.91 Å². The minimum Gasteiger partial charge on any atom is -0.368 e. The lowest BCUT2D eigenvalue weighted by Crippen LogP contribution is -2.39. The maximum absolute atomic E-state index is 11.8. The molecule has 1 aliphatic heterocycles. The topological polar surface area (TPSA) is 67.4 Å². The summed E-state index contributed by atoms with van der Waals surface area (Å²) in [5.74, 6) is -0.246. The van der Waals surface area contributed by atoms with Crippen molar-refractivity contribution in [2.75, 3.05) is 19.7 Å². The fraction of sp³-hybridized carbons (Fsp3) is 0.429. The van der Waals surface area contributed by atoms with Gasteiger partial charge in [0.05, 0.1) is 0 Å². The molecule has 1 heterocycles. The van der Waals surface area contributed by atoms with Crippen molar-refractivity contribution in [2.24, 2.45) is 0 Å². The zero-order valence-corrected chi connectivity index (χ0v) is 12.6. The van der Waals surface area contributed by atoms with Gasteiger partial charge in [0.15, 0.2) is 0 Å². The Kier molecular flexibility index (Phi) is 5.55. The number of rotatable bonds is 5. The highest BCUT2D eigenvalue weighted by atomic mass is 79.9. The minimum atomic E-state index is -0.322. The molecule has 1 atom stereocenters. The second-order valence-electron chi connectivity index (χ2n) is 4.56. The second kappa shape index (κ2) is 7.40. The second-order valence-corrected chi connectivity index (χ2v) is 5.47. The Labute approximate surface area is 126 Å². The third-order valence-corrected chi connectivity index (χ3v) is 3.57. The molecule has 1 aromatic rings. The summed E-state index contributed by atoms with van der Waals surface area (Å²) in [5, 5.41) is 5.51. The fourth-order valence-corrected chi connectivity index (χ4v) is 2.23. The molecule has 0 aliphatic carbocycles. The molecule has 20 heavy (non-hydrogen) atoms. The van der Waals surface area contributed by atoms with E-state index in [-0.39, 0.29) is 17.9 Å². The molecule has 0 saturated carbocycles. The molecule has 0 aromatic heterocycles. The van der Waals surface area contributed by atoms with E-state index in [2.05, 4.69) is 26.6 Å². The van der Waals surface area contributed by atoms with Crippen molar-refractivity contribution in [1.82, 2.24) is 10.6 Å². The quantitative estimate of drug-likeness (QED) is 0.797. The third-order valence-electron chi connectivity index (χ3n) is 3.04. The average Bonchev–Trinajstić information content (AvgIpc) is 2.98. The molecule has 2 rings (SSSR count). The van der Waals surface area contributed by atoms with Crippen LogP contribution in [0.25, 0.3) is 0 Å². The molecule has 0 bridgehead atoms. The first-order chi connectivity index (χ1) is 9.66. The Morgan fingerprint density at radius 1 is 1.20 bits per heavy atom. The Balaban J connectivity index is 1.66. The van der Waals surface area contributed by atoms with Crippen molar-refractivity contribution in [3.8, 4) is 0 Å². The van der Waals surface area contributed by atoms with E-state index < -0.39 is 0 Å². The van der Waals surface area contributed by atoms with Crippen LogP contribution in [0.1, 0.15) is 23.2 Å². The maximum atomic E-state index is 11.8. The number of hydrogen-bond donors (Lipinski definition) is 2. The summed E-state index contributed by atoms with van der Waals surface area (Å²) in [7, 11) is 0. The highest BCUT2D eigenvalue weighted by Crippen LogP contribution is 2.11. The van der Waals surface area contributed by atoms with Gasteiger partial charge in [0, 0.05) is 29.7 Å². The number of carbonyl (C=O) groups is 2. The fourth-order valence-electron chi connectivity index (χ4n) is 1.96. The third kappa shape index (κ3) is 4.31. The number of benzene rings is 1. The summed E-state index contributed by atoms with van der Waals surface area (Å²) < 4.78 is 6.20. The van der Waals surface area contributed by atoms with Crippen LogP contribution in [0.5, 0.6) is 0 Å². The lowest BCUT2D eigenvalue weighted by atomic mass is 10.2. The van der Waals surface area contributed by atoms with Crippen LogP contribution in [0, 0.1) is 0 Å². The highest BCUT2D eigenvalue weighted by molar-refractivity contribution is 9.10. The summed E-state index contributed by atoms with van der Waals surface area (Å²) in [4.78, 5) is 23.4. The van der Waals surface area contributed by atoms with Gasteiger partial charge in [-0.2, -0.15) is 0 Å². The van der Waals surface area contributed by atoms with Crippen molar-refractivity contribution in [3.63, 3.8) is 0 Å². The van der Waals surface area contributed by atoms with E-state index in [9.17, 15) is 9.59 Å². The van der Waals surface area contributed by atoms with Gasteiger partial charge in [-0.1, -0.05) is 15.9 Å². The predicted molar refractivity (Wildman–Crippen MR) is 78.5 cm³/mol. The Bertz CT molecular complexity index is 470. The monoisotopic (exact) mass is 340 g/mol. The van der Waals surface area contributed by atoms with Gasteiger partial charge in [-0.15, -0.1) is 0 Å². The zero-order valence-electron chi connectivity index (χ0n) is 11.0. The van der Waals surface area contributed by atoms with Crippen LogP contribution in [0.2, 0.25) is 0 Å². The van der Waals surface area contributed by atoms with Crippen molar-refractivity contribution in [1.29, 1.82) is 0 Å². The van der Waals surface area contributed by atoms with E-state index in [0.717, 1.165) is 17.3 Å². The Hall–Kier alpha value is -1.40. The lowest BCUT2D eigenvalue weighted by Gasteiger charge is -2.11. The molecule has 108 valence electrons. The van der Waals surface area contributed by atoms with Crippen molar-refractivity contribution in [3.05, 3.63) is 34.3 Å². The molecule has 1 saturated heterocycles. The molecule has 1 unspecified atom stereocenters. The number of halogens is 1. The summed E-state index contributed by atoms with van der Waals surface area (Å²) in [6, 6.07) is 7.11. The summed E-state index contributed by atoms with van der Waals surface area (Å²) >= 11 is 3.32. The molecule has 1 aromatic carbocycles. The van der Waals surface area contributed by atoms with Crippen LogP contribution in [-0.4, -0.2) is 37.6 Å². The van der Waals surface area contributed by atoms with Crippen molar-refractivity contribution in [2.45, 2.75) is 18.9 Å². The molecule has 0 radical (unpaired) electrons. The number of nitrogens with one attached hydrogen (secondary N) is 2. The van der Waals surface area contributed by atoms with Crippen LogP contribution < -0.4 is 10.6 Å². The minimum absolute atomic E-state index is 0.0969. The number of hydrogen-bond acceptors (Lipinski definition) is 3. The largest absolute Gasteiger partial charge is 0.368 e. The van der Waals surface area contributed by atoms with E-state index in [4.69, 9.17) is 4.74 Å². The predicted octanol–water partition coefficient (Wildman–Crippen LogP) is 1.47. The van der Waals surface area contributed by atoms with E-state index in [0.29, 0.717) is 25.3 Å². The molecular weight excluding hydrogens is 324 g/mol. The molecule has 1 aliphatic rings. The summed E-state index contributed by atoms with van der Waals surface area (Å²) in [6.07, 6.45) is 1.38. The first kappa shape index (κ1) is 15.0. The highest BCUT2D eigenvalue weighted by Gasteiger charge is 2.22. The molecule has 2 N–H and O–H groups in total. The lowest BCUT2D eigenvalue weighted by molar-refractivity contribution is -0.129. The van der Waals surface area contributed by atoms with E-state index in [1.807, 2.05) is 12.1 Å². The summed E-state index contributed by atoms with van der Waals surface area (Å²) in [5.41, 5.74) is 0.596. The normalized spacial score (nSPS) is 17.8. The van der Waals surface area contributed by atoms with Crippen LogP contribution in [0.4, 0.5) is 0 Å². The first-order valence-electron chi connectivity index (χ1n) is 6.60. The average molecular weight is 341 g/mol. The molecule has 6 heteroatoms. The first-order valence-corrected chi connectivity index (χ1v) is 7.39. The molecule has 5 nitrogen and oxygen atoms in total. The van der Waals surface area contributed by atoms with Gasteiger partial charge in [0.25, 0.3) is 5.91 Å². The standard InChI is InChI=1S/C14H17BrN2O3/c15-11-5-3-10(4-6-11)13(18)16-7-8-17-14(19)12-2-1-9-20-12/h3-6,12H,1-2,7-9H2,(H,16,18)(H,17,19). The van der Waals surface area contributed by atoms with Crippen molar-refractivity contribution >= 4 is 27.7 Å². The van der Waals surface area contributed by atoms with Gasteiger partial charge >= 0.3 is 0 Å². The van der Waals surface area contributed by atoms with Gasteiger partial charge in [-0.05, 0) is 37.1 Å². The van der Waals surface area contributed by atoms with Crippen molar-refractivity contribution < 1.29 is 14.3 Å². The molecule has 0 spiro atoms. The number of amides is 2. The SMILES string of the molecule is O=C(NCCNC(=O)C1CCCO1)c1ccc(Br)cc1. The van der Waals surface area contributed by atoms with Crippen LogP contribution in [0.3, 0.4) is 0 Å². The number of ether oxygens (including phenoxy) is 1. The zero-order chi connectivity index (χ0) is 14.4. The van der Waals surface area contributed by atoms with Gasteiger partial charge in [-0.3, -0.25) is 9.59 Å². The summed E-state index contributed by atoms with van der Waals surface area (Å²) in [6.45, 7) is 1.45. The molecule has 1 fully saturated rings. The van der Waals surface area contributed by atoms with E-state index >= 15 is 0 Å². The van der Waals surface area contributed by atoms with Crippen LogP contribution in [0.15, 0.2) is 28.7 Å². The Morgan fingerprint density at radius 3 is 2.55 bits per heavy atom. The van der Waals surface area contributed by atoms with E-state index in [1.54, 1.807) is 12.1 Å². The molecule has 2 amide bonds. The Morgan fingerprint density at radius 2 is 1.90 bits per heavy atom. The van der Waals surface area contributed by atoms with E-state index in [1.165, 1.54) is 0 Å². The smallest absolute Gasteiger partial charge is 0.251 e. The van der Waals surface area contributed by atoms with Gasteiger partial charge in [0.1, 0.15) is 6.10 Å². The maximum Gasteiger partial charge on any atom is 0.251 e. The van der Waals surface area contributed by atoms with Gasteiger partial charge in [-0.25, -0.2) is 0 Å². The number of carbonyl (C=O) groups excluding carboxylic acids is 2. The molecular formula is C14H17BrN2O3. The van der Waals surface area contributed by atoms with Crippen LogP contribution >= 0.6 is 15.9 Å². The van der Waals surface area contributed by atoms with Crippen LogP contribution in [-0.2, 0) is 9.53 Å².